The van der Waals surface area contributed by atoms with E-state index >= 15 is 0 Å². The first kappa shape index (κ1) is 15.6. The summed E-state index contributed by atoms with van der Waals surface area (Å²) in [6.45, 7) is 2.23. The Hall–Kier alpha value is 0.591. The van der Waals surface area contributed by atoms with Gasteiger partial charge in [-0.2, -0.15) is 0 Å². The number of hydrogen-bond donors (Lipinski definition) is 1. The molecule has 2 radical (unpaired) electrons. The molecule has 80 valence electrons. The molecule has 0 unspecified atom stereocenters. The standard InChI is InChI=1S/C13H20O.Ba/c1-2-3-4-5-6-9-12-10-7-8-11-13(12)14;/h7-8,10-11,14H,2-6,9H2,1H3;. The molecule has 1 aromatic rings. The first-order valence-corrected chi connectivity index (χ1v) is 5.61. The molecule has 0 aliphatic rings. The monoisotopic (exact) mass is 330 g/mol. The molecule has 15 heavy (non-hydrogen) atoms. The van der Waals surface area contributed by atoms with E-state index in [4.69, 9.17) is 0 Å². The summed E-state index contributed by atoms with van der Waals surface area (Å²) in [5.41, 5.74) is 1.09. The maximum absolute atomic E-state index is 9.51. The van der Waals surface area contributed by atoms with Crippen LogP contribution in [0.1, 0.15) is 44.6 Å². The second-order valence-corrected chi connectivity index (χ2v) is 3.79. The summed E-state index contributed by atoms with van der Waals surface area (Å²) >= 11 is 0. The van der Waals surface area contributed by atoms with E-state index in [-0.39, 0.29) is 48.9 Å². The van der Waals surface area contributed by atoms with Crippen LogP contribution >= 0.6 is 0 Å². The van der Waals surface area contributed by atoms with Crippen LogP contribution in [0.3, 0.4) is 0 Å². The van der Waals surface area contributed by atoms with Crippen LogP contribution in [-0.2, 0) is 6.42 Å². The van der Waals surface area contributed by atoms with E-state index < -0.39 is 0 Å². The first-order valence-electron chi connectivity index (χ1n) is 5.61. The van der Waals surface area contributed by atoms with E-state index in [1.165, 1.54) is 32.1 Å². The topological polar surface area (TPSA) is 20.2 Å². The van der Waals surface area contributed by atoms with Gasteiger partial charge in [-0.05, 0) is 24.5 Å². The van der Waals surface area contributed by atoms with Crippen molar-refractivity contribution in [2.75, 3.05) is 0 Å². The molecule has 0 aromatic heterocycles. The van der Waals surface area contributed by atoms with E-state index in [1.54, 1.807) is 6.07 Å². The second-order valence-electron chi connectivity index (χ2n) is 3.79. The summed E-state index contributed by atoms with van der Waals surface area (Å²) in [5, 5.41) is 9.51. The molecule has 1 N–H and O–H groups in total. The Morgan fingerprint density at radius 2 is 1.67 bits per heavy atom. The number of unbranched alkanes of at least 4 members (excludes halogenated alkanes) is 4. The van der Waals surface area contributed by atoms with Gasteiger partial charge < -0.3 is 5.11 Å². The largest absolute Gasteiger partial charge is 0.508 e. The Kier molecular flexibility index (Phi) is 10.2. The summed E-state index contributed by atoms with van der Waals surface area (Å²) < 4.78 is 0. The van der Waals surface area contributed by atoms with Gasteiger partial charge in [-0.15, -0.1) is 0 Å². The minimum absolute atomic E-state index is 0. The zero-order valence-electron chi connectivity index (χ0n) is 9.71. The Morgan fingerprint density at radius 1 is 1.00 bits per heavy atom. The Bertz CT molecular complexity index is 260. The summed E-state index contributed by atoms with van der Waals surface area (Å²) in [5.74, 6) is 0.447. The van der Waals surface area contributed by atoms with E-state index in [2.05, 4.69) is 6.92 Å². The summed E-state index contributed by atoms with van der Waals surface area (Å²) in [4.78, 5) is 0. The molecule has 0 amide bonds. The van der Waals surface area contributed by atoms with Crippen LogP contribution in [0.25, 0.3) is 0 Å². The first-order chi connectivity index (χ1) is 6.84. The number of rotatable bonds is 6. The van der Waals surface area contributed by atoms with E-state index in [0.717, 1.165) is 12.0 Å². The number of phenols is 1. The SMILES string of the molecule is CCCCCCCc1ccccc1O.[Ba]. The van der Waals surface area contributed by atoms with Crippen molar-refractivity contribution in [1.29, 1.82) is 0 Å². The minimum atomic E-state index is 0. The molecule has 0 fully saturated rings. The summed E-state index contributed by atoms with van der Waals surface area (Å²) in [6.07, 6.45) is 7.43. The van der Waals surface area contributed by atoms with Gasteiger partial charge in [0.1, 0.15) is 5.75 Å². The van der Waals surface area contributed by atoms with Crippen molar-refractivity contribution in [3.05, 3.63) is 29.8 Å². The second kappa shape index (κ2) is 9.79. The van der Waals surface area contributed by atoms with Crippen molar-refractivity contribution in [3.63, 3.8) is 0 Å². The van der Waals surface area contributed by atoms with Crippen molar-refractivity contribution in [2.45, 2.75) is 45.4 Å². The van der Waals surface area contributed by atoms with Crippen molar-refractivity contribution in [1.82, 2.24) is 0 Å². The molecule has 2 heteroatoms. The molecule has 0 heterocycles. The van der Waals surface area contributed by atoms with E-state index in [0.29, 0.717) is 5.75 Å². The van der Waals surface area contributed by atoms with Gasteiger partial charge in [0.15, 0.2) is 0 Å². The number of aryl methyl sites for hydroxylation is 1. The van der Waals surface area contributed by atoms with Crippen LogP contribution in [0.2, 0.25) is 0 Å². The van der Waals surface area contributed by atoms with Gasteiger partial charge in [-0.25, -0.2) is 0 Å². The molecule has 0 aliphatic carbocycles. The van der Waals surface area contributed by atoms with Crippen molar-refractivity contribution >= 4 is 48.9 Å². The van der Waals surface area contributed by atoms with Crippen molar-refractivity contribution in [2.24, 2.45) is 0 Å². The number of hydrogen-bond acceptors (Lipinski definition) is 1. The number of aromatic hydroxyl groups is 1. The molecule has 1 rings (SSSR count). The maximum atomic E-state index is 9.51. The molecular weight excluding hydrogens is 309 g/mol. The molecule has 0 saturated heterocycles. The van der Waals surface area contributed by atoms with Crippen LogP contribution in [0.5, 0.6) is 5.75 Å². The van der Waals surface area contributed by atoms with Crippen LogP contribution in [0.15, 0.2) is 24.3 Å². The van der Waals surface area contributed by atoms with Crippen LogP contribution < -0.4 is 0 Å². The van der Waals surface area contributed by atoms with Gasteiger partial charge in [0.2, 0.25) is 0 Å². The Morgan fingerprint density at radius 3 is 2.33 bits per heavy atom. The fourth-order valence-electron chi connectivity index (χ4n) is 1.64. The third-order valence-electron chi connectivity index (χ3n) is 2.54. The van der Waals surface area contributed by atoms with Crippen LogP contribution in [0.4, 0.5) is 0 Å². The third-order valence-corrected chi connectivity index (χ3v) is 2.54. The van der Waals surface area contributed by atoms with Gasteiger partial charge in [0.05, 0.1) is 0 Å². The van der Waals surface area contributed by atoms with Gasteiger partial charge in [-0.3, -0.25) is 0 Å². The van der Waals surface area contributed by atoms with Gasteiger partial charge in [0, 0.05) is 48.9 Å². The zero-order chi connectivity index (χ0) is 10.2. The summed E-state index contributed by atoms with van der Waals surface area (Å²) in [6, 6.07) is 7.63. The number of benzene rings is 1. The molecule has 0 spiro atoms. The van der Waals surface area contributed by atoms with Crippen molar-refractivity contribution in [3.8, 4) is 5.75 Å². The quantitative estimate of drug-likeness (QED) is 0.625. The Balaban J connectivity index is 0.00000196. The molecule has 0 saturated carbocycles. The predicted molar refractivity (Wildman–Crippen MR) is 66.3 cm³/mol. The molecular formula is C13H20BaO. The Labute approximate surface area is 133 Å². The smallest absolute Gasteiger partial charge is 0.118 e. The number of phenolic OH excluding ortho intramolecular Hbond substituents is 1. The van der Waals surface area contributed by atoms with E-state index in [1.807, 2.05) is 18.2 Å². The number of para-hydroxylation sites is 1. The van der Waals surface area contributed by atoms with Gasteiger partial charge in [0.25, 0.3) is 0 Å². The average Bonchev–Trinajstić information content (AvgIpc) is 2.20. The predicted octanol–water partition coefficient (Wildman–Crippen LogP) is 3.52. The maximum Gasteiger partial charge on any atom is 0.118 e. The summed E-state index contributed by atoms with van der Waals surface area (Å²) in [7, 11) is 0. The minimum Gasteiger partial charge on any atom is -0.508 e. The molecule has 0 bridgehead atoms. The van der Waals surface area contributed by atoms with Crippen LogP contribution in [-0.4, -0.2) is 54.0 Å². The van der Waals surface area contributed by atoms with Crippen LogP contribution in [0, 0.1) is 0 Å². The van der Waals surface area contributed by atoms with Crippen molar-refractivity contribution < 1.29 is 5.11 Å². The van der Waals surface area contributed by atoms with Gasteiger partial charge in [-0.1, -0.05) is 50.8 Å². The fraction of sp³-hybridized carbons (Fsp3) is 0.538. The average molecular weight is 330 g/mol. The third kappa shape index (κ3) is 6.69. The van der Waals surface area contributed by atoms with E-state index in [9.17, 15) is 5.11 Å². The fourth-order valence-corrected chi connectivity index (χ4v) is 1.64. The molecule has 1 aromatic carbocycles. The zero-order valence-corrected chi connectivity index (χ0v) is 14.1. The van der Waals surface area contributed by atoms with Gasteiger partial charge >= 0.3 is 0 Å². The molecule has 1 nitrogen and oxygen atoms in total. The molecule has 0 atom stereocenters. The normalized spacial score (nSPS) is 9.67. The molecule has 0 aliphatic heterocycles.